The van der Waals surface area contributed by atoms with Gasteiger partial charge in [-0.1, -0.05) is 15.9 Å². The Bertz CT molecular complexity index is 368. The van der Waals surface area contributed by atoms with Crippen LogP contribution < -0.4 is 0 Å². The minimum Gasteiger partial charge on any atom is -0.465 e. The first kappa shape index (κ1) is 11.9. The first-order chi connectivity index (χ1) is 6.60. The normalized spacial score (nSPS) is 10.0. The van der Waals surface area contributed by atoms with Crippen LogP contribution in [0.3, 0.4) is 0 Å². The molecule has 0 saturated heterocycles. The molecule has 0 aliphatic rings. The Morgan fingerprint density at radius 2 is 2.29 bits per heavy atom. The van der Waals surface area contributed by atoms with E-state index in [0.29, 0.717) is 8.90 Å². The van der Waals surface area contributed by atoms with Crippen molar-refractivity contribution in [2.45, 2.75) is 5.33 Å². The molecule has 0 radical (unpaired) electrons. The highest BCUT2D eigenvalue weighted by molar-refractivity contribution is 14.1. The molecule has 0 unspecified atom stereocenters. The average molecular weight is 373 g/mol. The number of alkyl halides is 1. The van der Waals surface area contributed by atoms with Crippen LogP contribution in [0.25, 0.3) is 0 Å². The smallest absolute Gasteiger partial charge is 0.338 e. The maximum absolute atomic E-state index is 13.0. The van der Waals surface area contributed by atoms with Crippen LogP contribution >= 0.6 is 38.5 Å². The summed E-state index contributed by atoms with van der Waals surface area (Å²) in [5, 5.41) is 0.496. The molecule has 1 aromatic carbocycles. The van der Waals surface area contributed by atoms with Crippen molar-refractivity contribution in [3.63, 3.8) is 0 Å². The first-order valence-corrected chi connectivity index (χ1v) is 5.92. The number of carbonyl (C=O) groups is 1. The summed E-state index contributed by atoms with van der Waals surface area (Å²) < 4.78 is 18.3. The van der Waals surface area contributed by atoms with Crippen LogP contribution in [0.2, 0.25) is 0 Å². The summed E-state index contributed by atoms with van der Waals surface area (Å²) >= 11 is 5.23. The average Bonchev–Trinajstić information content (AvgIpc) is 2.15. The quantitative estimate of drug-likeness (QED) is 0.453. The number of hydrogen-bond acceptors (Lipinski definition) is 2. The molecule has 1 rings (SSSR count). The molecule has 0 amide bonds. The number of esters is 1. The summed E-state index contributed by atoms with van der Waals surface area (Å²) in [4.78, 5) is 11.3. The second-order valence-electron chi connectivity index (χ2n) is 2.54. The Kier molecular flexibility index (Phi) is 4.31. The summed E-state index contributed by atoms with van der Waals surface area (Å²) in [6, 6.07) is 2.56. The molecule has 0 aliphatic carbocycles. The number of carbonyl (C=O) groups excluding carboxylic acids is 1. The number of benzene rings is 1. The standard InChI is InChI=1S/C9H7BrFIO2/c1-14-9(13)6-2-5(11)3-8(12)7(6)4-10/h2-3H,4H2,1H3. The van der Waals surface area contributed by atoms with Crippen molar-refractivity contribution in [1.82, 2.24) is 0 Å². The van der Waals surface area contributed by atoms with E-state index in [1.807, 2.05) is 22.6 Å². The number of methoxy groups -OCH3 is 1. The zero-order valence-electron chi connectivity index (χ0n) is 7.31. The predicted octanol–water partition coefficient (Wildman–Crippen LogP) is 3.11. The van der Waals surface area contributed by atoms with Gasteiger partial charge < -0.3 is 4.74 Å². The largest absolute Gasteiger partial charge is 0.465 e. The van der Waals surface area contributed by atoms with E-state index < -0.39 is 11.8 Å². The van der Waals surface area contributed by atoms with Crippen molar-refractivity contribution >= 4 is 44.5 Å². The van der Waals surface area contributed by atoms with Gasteiger partial charge in [0, 0.05) is 8.90 Å². The van der Waals surface area contributed by atoms with E-state index in [9.17, 15) is 9.18 Å². The van der Waals surface area contributed by atoms with Gasteiger partial charge in [0.1, 0.15) is 5.82 Å². The fourth-order valence-electron chi connectivity index (χ4n) is 1.03. The van der Waals surface area contributed by atoms with Crippen molar-refractivity contribution in [3.05, 3.63) is 32.6 Å². The van der Waals surface area contributed by atoms with Crippen molar-refractivity contribution < 1.29 is 13.9 Å². The topological polar surface area (TPSA) is 26.3 Å². The number of halogens is 3. The first-order valence-electron chi connectivity index (χ1n) is 3.72. The number of hydrogen-bond donors (Lipinski definition) is 0. The molecule has 5 heteroatoms. The van der Waals surface area contributed by atoms with Crippen LogP contribution in [-0.2, 0) is 10.1 Å². The Hall–Kier alpha value is -0.170. The molecule has 0 spiro atoms. The molecular formula is C9H7BrFIO2. The van der Waals surface area contributed by atoms with Gasteiger partial charge in [-0.25, -0.2) is 9.18 Å². The fraction of sp³-hybridized carbons (Fsp3) is 0.222. The number of ether oxygens (including phenoxy) is 1. The van der Waals surface area contributed by atoms with E-state index in [2.05, 4.69) is 20.7 Å². The van der Waals surface area contributed by atoms with Crippen molar-refractivity contribution in [3.8, 4) is 0 Å². The molecule has 0 atom stereocenters. The van der Waals surface area contributed by atoms with Gasteiger partial charge in [-0.15, -0.1) is 0 Å². The second kappa shape index (κ2) is 5.06. The highest BCUT2D eigenvalue weighted by Crippen LogP contribution is 2.22. The lowest BCUT2D eigenvalue weighted by molar-refractivity contribution is 0.0599. The third-order valence-electron chi connectivity index (χ3n) is 1.70. The van der Waals surface area contributed by atoms with E-state index >= 15 is 0 Å². The highest BCUT2D eigenvalue weighted by atomic mass is 127. The highest BCUT2D eigenvalue weighted by Gasteiger charge is 2.15. The van der Waals surface area contributed by atoms with Gasteiger partial charge in [-0.2, -0.15) is 0 Å². The minimum atomic E-state index is -0.517. The summed E-state index contributed by atoms with van der Waals surface area (Å²) in [5.41, 5.74) is 1.02. The van der Waals surface area contributed by atoms with Gasteiger partial charge in [-0.3, -0.25) is 0 Å². The second-order valence-corrected chi connectivity index (χ2v) is 4.26. The van der Waals surface area contributed by atoms with Gasteiger partial charge in [0.25, 0.3) is 0 Å². The summed E-state index contributed by atoms with van der Waals surface area (Å²) in [6.07, 6.45) is 0. The molecule has 0 N–H and O–H groups in total. The Morgan fingerprint density at radius 1 is 1.64 bits per heavy atom. The van der Waals surface area contributed by atoms with Crippen molar-refractivity contribution in [2.24, 2.45) is 0 Å². The Morgan fingerprint density at radius 3 is 2.79 bits per heavy atom. The van der Waals surface area contributed by atoms with Gasteiger partial charge in [0.05, 0.1) is 12.7 Å². The van der Waals surface area contributed by atoms with Crippen LogP contribution in [0.1, 0.15) is 15.9 Å². The zero-order valence-corrected chi connectivity index (χ0v) is 11.1. The molecule has 0 saturated carbocycles. The summed E-state index contributed by atoms with van der Waals surface area (Å²) in [7, 11) is 1.28. The molecule has 0 aliphatic heterocycles. The SMILES string of the molecule is COC(=O)c1cc(F)cc(I)c1CBr. The predicted molar refractivity (Wildman–Crippen MR) is 63.1 cm³/mol. The Labute approximate surface area is 103 Å². The molecule has 2 nitrogen and oxygen atoms in total. The molecule has 0 fully saturated rings. The molecule has 1 aromatic rings. The third-order valence-corrected chi connectivity index (χ3v) is 3.22. The van der Waals surface area contributed by atoms with E-state index in [1.165, 1.54) is 19.2 Å². The van der Waals surface area contributed by atoms with Crippen LogP contribution in [0.5, 0.6) is 0 Å². The molecule has 14 heavy (non-hydrogen) atoms. The van der Waals surface area contributed by atoms with Crippen LogP contribution in [0, 0.1) is 9.39 Å². The van der Waals surface area contributed by atoms with Crippen molar-refractivity contribution in [1.29, 1.82) is 0 Å². The van der Waals surface area contributed by atoms with Gasteiger partial charge >= 0.3 is 5.97 Å². The summed E-state index contributed by atoms with van der Waals surface area (Å²) in [5.74, 6) is -0.948. The maximum atomic E-state index is 13.0. The summed E-state index contributed by atoms with van der Waals surface area (Å²) in [6.45, 7) is 0. The van der Waals surface area contributed by atoms with E-state index in [1.54, 1.807) is 0 Å². The van der Waals surface area contributed by atoms with E-state index in [-0.39, 0.29) is 5.56 Å². The zero-order chi connectivity index (χ0) is 10.7. The Balaban J connectivity index is 3.32. The van der Waals surface area contributed by atoms with E-state index in [0.717, 1.165) is 5.56 Å². The van der Waals surface area contributed by atoms with Crippen molar-refractivity contribution in [2.75, 3.05) is 7.11 Å². The minimum absolute atomic E-state index is 0.272. The molecular weight excluding hydrogens is 366 g/mol. The monoisotopic (exact) mass is 372 g/mol. The van der Waals surface area contributed by atoms with Crippen LogP contribution in [0.15, 0.2) is 12.1 Å². The van der Waals surface area contributed by atoms with Crippen LogP contribution in [-0.4, -0.2) is 13.1 Å². The third kappa shape index (κ3) is 2.44. The molecule has 0 bridgehead atoms. The maximum Gasteiger partial charge on any atom is 0.338 e. The van der Waals surface area contributed by atoms with Gasteiger partial charge in [-0.05, 0) is 40.3 Å². The molecule has 76 valence electrons. The lowest BCUT2D eigenvalue weighted by Gasteiger charge is -2.07. The molecule has 0 aromatic heterocycles. The fourth-order valence-corrected chi connectivity index (χ4v) is 2.94. The lowest BCUT2D eigenvalue weighted by atomic mass is 10.1. The number of rotatable bonds is 2. The molecule has 0 heterocycles. The van der Waals surface area contributed by atoms with Crippen LogP contribution in [0.4, 0.5) is 4.39 Å². The lowest BCUT2D eigenvalue weighted by Crippen LogP contribution is -2.07. The van der Waals surface area contributed by atoms with Gasteiger partial charge in [0.15, 0.2) is 0 Å². The van der Waals surface area contributed by atoms with Gasteiger partial charge in [0.2, 0.25) is 0 Å². The van der Waals surface area contributed by atoms with E-state index in [4.69, 9.17) is 0 Å².